The van der Waals surface area contributed by atoms with Gasteiger partial charge in [0.1, 0.15) is 5.75 Å². The fourth-order valence-electron chi connectivity index (χ4n) is 3.17. The molecule has 1 aliphatic heterocycles. The zero-order chi connectivity index (χ0) is 15.9. The molecule has 0 bridgehead atoms. The van der Waals surface area contributed by atoms with Crippen LogP contribution in [0.4, 0.5) is 11.4 Å². The predicted molar refractivity (Wildman–Crippen MR) is 97.5 cm³/mol. The van der Waals surface area contributed by atoms with Gasteiger partial charge in [-0.25, -0.2) is 0 Å². The zero-order valence-corrected chi connectivity index (χ0v) is 13.9. The Balaban J connectivity index is 1.50. The van der Waals surface area contributed by atoms with Crippen molar-refractivity contribution in [3.63, 3.8) is 0 Å². The molecule has 2 aromatic carbocycles. The first-order valence-corrected chi connectivity index (χ1v) is 8.66. The van der Waals surface area contributed by atoms with E-state index >= 15 is 0 Å². The minimum Gasteiger partial charge on any atom is -0.494 e. The molecule has 1 aliphatic rings. The molecule has 2 aromatic rings. The van der Waals surface area contributed by atoms with Crippen LogP contribution in [0.25, 0.3) is 0 Å². The van der Waals surface area contributed by atoms with Crippen LogP contribution in [0.3, 0.4) is 0 Å². The minimum absolute atomic E-state index is 0.583. The number of benzene rings is 2. The molecule has 0 amide bonds. The number of fused-ring (bicyclic) bond motifs is 1. The van der Waals surface area contributed by atoms with Crippen molar-refractivity contribution in [1.29, 1.82) is 0 Å². The highest BCUT2D eigenvalue weighted by Gasteiger charge is 2.23. The summed E-state index contributed by atoms with van der Waals surface area (Å²) < 4.78 is 5.79. The summed E-state index contributed by atoms with van der Waals surface area (Å²) in [5.74, 6) is 0.964. The van der Waals surface area contributed by atoms with Crippen molar-refractivity contribution in [1.82, 2.24) is 0 Å². The first kappa shape index (κ1) is 15.7. The first-order chi connectivity index (χ1) is 11.4. The van der Waals surface area contributed by atoms with Crippen molar-refractivity contribution in [2.45, 2.75) is 32.2 Å². The normalized spacial score (nSPS) is 16.6. The summed E-state index contributed by atoms with van der Waals surface area (Å²) in [5, 5.41) is 3.55. The molecule has 0 aromatic heterocycles. The third-order valence-corrected chi connectivity index (χ3v) is 4.46. The van der Waals surface area contributed by atoms with Crippen molar-refractivity contribution < 1.29 is 4.74 Å². The molecular formula is C20H26N2O. The Morgan fingerprint density at radius 2 is 1.83 bits per heavy atom. The van der Waals surface area contributed by atoms with E-state index in [1.807, 2.05) is 30.3 Å². The molecule has 1 N–H and O–H groups in total. The Bertz CT molecular complexity index is 600. The average Bonchev–Trinajstić information content (AvgIpc) is 2.62. The van der Waals surface area contributed by atoms with E-state index in [9.17, 15) is 0 Å². The quantitative estimate of drug-likeness (QED) is 0.759. The van der Waals surface area contributed by atoms with Gasteiger partial charge in [-0.05, 0) is 43.5 Å². The summed E-state index contributed by atoms with van der Waals surface area (Å²) in [7, 11) is 0. The van der Waals surface area contributed by atoms with Gasteiger partial charge in [-0.1, -0.05) is 37.3 Å². The molecule has 23 heavy (non-hydrogen) atoms. The maximum Gasteiger partial charge on any atom is 0.119 e. The summed E-state index contributed by atoms with van der Waals surface area (Å²) in [5.41, 5.74) is 2.60. The van der Waals surface area contributed by atoms with Gasteiger partial charge in [0.05, 0.1) is 18.0 Å². The lowest BCUT2D eigenvalue weighted by Crippen LogP contribution is -2.44. The van der Waals surface area contributed by atoms with Gasteiger partial charge in [0, 0.05) is 19.1 Å². The molecule has 1 atom stereocenters. The highest BCUT2D eigenvalue weighted by molar-refractivity contribution is 5.72. The van der Waals surface area contributed by atoms with E-state index in [4.69, 9.17) is 4.74 Å². The lowest BCUT2D eigenvalue weighted by Gasteiger charge is -2.39. The number of hydrogen-bond donors (Lipinski definition) is 1. The lowest BCUT2D eigenvalue weighted by atomic mass is 10.1. The second-order valence-electron chi connectivity index (χ2n) is 6.02. The number of hydrogen-bond acceptors (Lipinski definition) is 3. The molecule has 122 valence electrons. The molecule has 0 saturated heterocycles. The van der Waals surface area contributed by atoms with E-state index < -0.39 is 0 Å². The standard InChI is InChI=1S/C20H26N2O/c1-2-17-16-21-19-12-6-7-13-20(19)22(17)14-8-9-15-23-18-10-4-3-5-11-18/h3-7,10-13,17,21H,2,8-9,14-16H2,1H3. The highest BCUT2D eigenvalue weighted by atomic mass is 16.5. The summed E-state index contributed by atoms with van der Waals surface area (Å²) in [6.07, 6.45) is 3.40. The molecule has 0 spiro atoms. The van der Waals surface area contributed by atoms with E-state index in [2.05, 4.69) is 41.4 Å². The number of anilines is 2. The Morgan fingerprint density at radius 1 is 1.04 bits per heavy atom. The van der Waals surface area contributed by atoms with Gasteiger partial charge in [-0.2, -0.15) is 0 Å². The van der Waals surface area contributed by atoms with E-state index in [1.54, 1.807) is 0 Å². The fraction of sp³-hybridized carbons (Fsp3) is 0.400. The number of ether oxygens (including phenoxy) is 1. The second kappa shape index (κ2) is 7.91. The van der Waals surface area contributed by atoms with Crippen LogP contribution in [-0.4, -0.2) is 25.7 Å². The van der Waals surface area contributed by atoms with Crippen LogP contribution >= 0.6 is 0 Å². The van der Waals surface area contributed by atoms with Crippen molar-refractivity contribution in [2.75, 3.05) is 29.9 Å². The number of rotatable bonds is 7. The third-order valence-electron chi connectivity index (χ3n) is 4.46. The van der Waals surface area contributed by atoms with Crippen molar-refractivity contribution in [2.24, 2.45) is 0 Å². The van der Waals surface area contributed by atoms with Crippen LogP contribution in [0.1, 0.15) is 26.2 Å². The maximum absolute atomic E-state index is 5.79. The summed E-state index contributed by atoms with van der Waals surface area (Å²) >= 11 is 0. The molecule has 0 fully saturated rings. The number of nitrogens with one attached hydrogen (secondary N) is 1. The topological polar surface area (TPSA) is 24.5 Å². The molecule has 3 rings (SSSR count). The van der Waals surface area contributed by atoms with Crippen LogP contribution in [0.2, 0.25) is 0 Å². The molecular weight excluding hydrogens is 284 g/mol. The van der Waals surface area contributed by atoms with Gasteiger partial charge >= 0.3 is 0 Å². The zero-order valence-electron chi connectivity index (χ0n) is 13.9. The van der Waals surface area contributed by atoms with Crippen molar-refractivity contribution >= 4 is 11.4 Å². The average molecular weight is 310 g/mol. The van der Waals surface area contributed by atoms with Crippen molar-refractivity contribution in [3.8, 4) is 5.75 Å². The van der Waals surface area contributed by atoms with Crippen LogP contribution < -0.4 is 15.0 Å². The highest BCUT2D eigenvalue weighted by Crippen LogP contribution is 2.32. The van der Waals surface area contributed by atoms with Gasteiger partial charge in [0.25, 0.3) is 0 Å². The van der Waals surface area contributed by atoms with E-state index in [1.165, 1.54) is 17.8 Å². The summed E-state index contributed by atoms with van der Waals surface area (Å²) in [4.78, 5) is 2.56. The SMILES string of the molecule is CCC1CNc2ccccc2N1CCCCOc1ccccc1. The molecule has 1 unspecified atom stereocenters. The molecule has 0 radical (unpaired) electrons. The summed E-state index contributed by atoms with van der Waals surface area (Å²) in [6.45, 7) is 5.18. The van der Waals surface area contributed by atoms with Gasteiger partial charge < -0.3 is 15.0 Å². The van der Waals surface area contributed by atoms with Crippen LogP contribution in [0, 0.1) is 0 Å². The van der Waals surface area contributed by atoms with Crippen LogP contribution in [-0.2, 0) is 0 Å². The first-order valence-electron chi connectivity index (χ1n) is 8.66. The Morgan fingerprint density at radius 3 is 2.65 bits per heavy atom. The minimum atomic E-state index is 0.583. The monoisotopic (exact) mass is 310 g/mol. The number of para-hydroxylation sites is 3. The molecule has 0 aliphatic carbocycles. The fourth-order valence-corrected chi connectivity index (χ4v) is 3.17. The molecule has 0 saturated carbocycles. The Hall–Kier alpha value is -2.16. The Labute approximate surface area is 139 Å². The van der Waals surface area contributed by atoms with E-state index in [0.717, 1.165) is 38.3 Å². The number of unbranched alkanes of at least 4 members (excludes halogenated alkanes) is 1. The molecule has 3 nitrogen and oxygen atoms in total. The van der Waals surface area contributed by atoms with E-state index in [0.29, 0.717) is 6.04 Å². The lowest BCUT2D eigenvalue weighted by molar-refractivity contribution is 0.306. The van der Waals surface area contributed by atoms with Crippen LogP contribution in [0.5, 0.6) is 5.75 Å². The largest absolute Gasteiger partial charge is 0.494 e. The van der Waals surface area contributed by atoms with Crippen molar-refractivity contribution in [3.05, 3.63) is 54.6 Å². The van der Waals surface area contributed by atoms with Gasteiger partial charge in [0.2, 0.25) is 0 Å². The third kappa shape index (κ3) is 3.98. The van der Waals surface area contributed by atoms with E-state index in [-0.39, 0.29) is 0 Å². The van der Waals surface area contributed by atoms with Gasteiger partial charge in [-0.3, -0.25) is 0 Å². The number of nitrogens with zero attached hydrogens (tertiary/aromatic N) is 1. The Kier molecular flexibility index (Phi) is 5.41. The second-order valence-corrected chi connectivity index (χ2v) is 6.02. The predicted octanol–water partition coefficient (Wildman–Crippen LogP) is 4.56. The molecule has 3 heteroatoms. The summed E-state index contributed by atoms with van der Waals surface area (Å²) in [6, 6.07) is 19.3. The van der Waals surface area contributed by atoms with Gasteiger partial charge in [-0.15, -0.1) is 0 Å². The molecule has 1 heterocycles. The maximum atomic E-state index is 5.79. The smallest absolute Gasteiger partial charge is 0.119 e. The van der Waals surface area contributed by atoms with Crippen LogP contribution in [0.15, 0.2) is 54.6 Å². The van der Waals surface area contributed by atoms with Gasteiger partial charge in [0.15, 0.2) is 0 Å².